The van der Waals surface area contributed by atoms with Crippen molar-refractivity contribution in [3.63, 3.8) is 0 Å². The van der Waals surface area contributed by atoms with E-state index in [0.29, 0.717) is 0 Å². The Kier molecular flexibility index (Phi) is 4.39. The molecule has 7 nitrogen and oxygen atoms in total. The Bertz CT molecular complexity index is 575. The number of nitrogens with one attached hydrogen (secondary N) is 1. The van der Waals surface area contributed by atoms with Crippen LogP contribution in [0.1, 0.15) is 12.8 Å². The van der Waals surface area contributed by atoms with Gasteiger partial charge < -0.3 is 5.11 Å². The molecule has 0 bridgehead atoms. The normalized spacial score (nSPS) is 24.3. The van der Waals surface area contributed by atoms with Gasteiger partial charge in [0, 0.05) is 6.54 Å². The van der Waals surface area contributed by atoms with Crippen molar-refractivity contribution < 1.29 is 23.5 Å². The number of benzene rings is 1. The van der Waals surface area contributed by atoms with E-state index in [1.54, 1.807) is 18.2 Å². The maximum absolute atomic E-state index is 12.5. The monoisotopic (exact) mass is 300 g/mol. The molecular formula is C12H16N2O5S. The molecule has 1 aliphatic rings. The van der Waals surface area contributed by atoms with Crippen LogP contribution in [0, 0.1) is 0 Å². The van der Waals surface area contributed by atoms with Crippen LogP contribution in [0.5, 0.6) is 0 Å². The van der Waals surface area contributed by atoms with Gasteiger partial charge in [0.2, 0.25) is 10.0 Å². The van der Waals surface area contributed by atoms with E-state index in [2.05, 4.69) is 0 Å². The number of carbonyl (C=O) groups is 1. The van der Waals surface area contributed by atoms with Gasteiger partial charge in [0.15, 0.2) is 0 Å². The maximum Gasteiger partial charge on any atom is 0.261 e. The minimum Gasteiger partial charge on any atom is -0.393 e. The van der Waals surface area contributed by atoms with Crippen LogP contribution < -0.4 is 5.48 Å². The lowest BCUT2D eigenvalue weighted by molar-refractivity contribution is -0.135. The van der Waals surface area contributed by atoms with Gasteiger partial charge in [0.1, 0.15) is 6.04 Å². The van der Waals surface area contributed by atoms with Gasteiger partial charge in [0.25, 0.3) is 5.91 Å². The fourth-order valence-electron chi connectivity index (χ4n) is 2.25. The van der Waals surface area contributed by atoms with Crippen LogP contribution in [-0.4, -0.2) is 47.6 Å². The summed E-state index contributed by atoms with van der Waals surface area (Å²) < 4.78 is 26.0. The molecule has 1 heterocycles. The standard InChI is InChI=1S/C12H16N2O5S/c15-9-6-7-14(11(8-9)12(16)13-17)20(18,19)10-4-2-1-3-5-10/h1-5,9,11,15,17H,6-8H2,(H,13,16). The molecule has 1 amide bonds. The van der Waals surface area contributed by atoms with Gasteiger partial charge in [-0.3, -0.25) is 10.0 Å². The highest BCUT2D eigenvalue weighted by molar-refractivity contribution is 7.89. The Balaban J connectivity index is 2.36. The Morgan fingerprint density at radius 3 is 2.55 bits per heavy atom. The van der Waals surface area contributed by atoms with Crippen LogP contribution in [0.4, 0.5) is 0 Å². The van der Waals surface area contributed by atoms with E-state index >= 15 is 0 Å². The van der Waals surface area contributed by atoms with Crippen molar-refractivity contribution in [1.29, 1.82) is 0 Å². The second-order valence-corrected chi connectivity index (χ2v) is 6.49. The zero-order chi connectivity index (χ0) is 14.8. The summed E-state index contributed by atoms with van der Waals surface area (Å²) in [5.41, 5.74) is 1.45. The lowest BCUT2D eigenvalue weighted by Gasteiger charge is -2.35. The predicted octanol–water partition coefficient (Wildman–Crippen LogP) is -0.294. The number of aliphatic hydroxyl groups is 1. The Morgan fingerprint density at radius 1 is 1.30 bits per heavy atom. The molecule has 1 saturated heterocycles. The number of amides is 1. The van der Waals surface area contributed by atoms with Crippen molar-refractivity contribution in [3.8, 4) is 0 Å². The van der Waals surface area contributed by atoms with Crippen molar-refractivity contribution in [3.05, 3.63) is 30.3 Å². The molecule has 0 aromatic heterocycles. The summed E-state index contributed by atoms with van der Waals surface area (Å²) in [5.74, 6) is -0.844. The van der Waals surface area contributed by atoms with E-state index in [0.717, 1.165) is 4.31 Å². The molecule has 2 atom stereocenters. The van der Waals surface area contributed by atoms with Crippen molar-refractivity contribution in [2.45, 2.75) is 29.9 Å². The second-order valence-electron chi connectivity index (χ2n) is 4.60. The van der Waals surface area contributed by atoms with Gasteiger partial charge in [-0.15, -0.1) is 0 Å². The fraction of sp³-hybridized carbons (Fsp3) is 0.417. The first-order chi connectivity index (χ1) is 9.46. The lowest BCUT2D eigenvalue weighted by atomic mass is 10.0. The number of sulfonamides is 1. The zero-order valence-corrected chi connectivity index (χ0v) is 11.5. The van der Waals surface area contributed by atoms with Crippen LogP contribution in [-0.2, 0) is 14.8 Å². The number of nitrogens with zero attached hydrogens (tertiary/aromatic N) is 1. The van der Waals surface area contributed by atoms with Crippen LogP contribution >= 0.6 is 0 Å². The molecule has 20 heavy (non-hydrogen) atoms. The molecule has 1 aromatic rings. The summed E-state index contributed by atoms with van der Waals surface area (Å²) in [6, 6.07) is 6.63. The quantitative estimate of drug-likeness (QED) is 0.525. The Labute approximate surface area is 116 Å². The number of carbonyl (C=O) groups excluding carboxylic acids is 1. The minimum atomic E-state index is -3.84. The van der Waals surface area contributed by atoms with E-state index in [1.807, 2.05) is 0 Å². The molecular weight excluding hydrogens is 284 g/mol. The Morgan fingerprint density at radius 2 is 1.95 bits per heavy atom. The number of hydrogen-bond acceptors (Lipinski definition) is 5. The number of aliphatic hydroxyl groups excluding tert-OH is 1. The van der Waals surface area contributed by atoms with Gasteiger partial charge in [-0.2, -0.15) is 4.31 Å². The largest absolute Gasteiger partial charge is 0.393 e. The number of piperidine rings is 1. The maximum atomic E-state index is 12.5. The summed E-state index contributed by atoms with van der Waals surface area (Å²) in [5, 5.41) is 18.3. The molecule has 1 aromatic carbocycles. The zero-order valence-electron chi connectivity index (χ0n) is 10.6. The summed E-state index contributed by atoms with van der Waals surface area (Å²) in [7, 11) is -3.84. The SMILES string of the molecule is O=C(NO)C1CC(O)CCN1S(=O)(=O)c1ccccc1. The highest BCUT2D eigenvalue weighted by Gasteiger charge is 2.40. The molecule has 1 aliphatic heterocycles. The number of hydrogen-bond donors (Lipinski definition) is 3. The van der Waals surface area contributed by atoms with Gasteiger partial charge in [0.05, 0.1) is 11.0 Å². The first-order valence-corrected chi connectivity index (χ1v) is 7.59. The van der Waals surface area contributed by atoms with Crippen molar-refractivity contribution >= 4 is 15.9 Å². The van der Waals surface area contributed by atoms with Crippen LogP contribution in [0.25, 0.3) is 0 Å². The molecule has 0 spiro atoms. The van der Waals surface area contributed by atoms with Crippen LogP contribution in [0.15, 0.2) is 35.2 Å². The van der Waals surface area contributed by atoms with E-state index in [4.69, 9.17) is 5.21 Å². The first kappa shape index (κ1) is 14.9. The van der Waals surface area contributed by atoms with Gasteiger partial charge >= 0.3 is 0 Å². The molecule has 3 N–H and O–H groups in total. The average molecular weight is 300 g/mol. The summed E-state index contributed by atoms with van der Waals surface area (Å²) in [6.07, 6.45) is -0.556. The molecule has 8 heteroatoms. The average Bonchev–Trinajstić information content (AvgIpc) is 2.47. The predicted molar refractivity (Wildman–Crippen MR) is 69.3 cm³/mol. The summed E-state index contributed by atoms with van der Waals surface area (Å²) in [4.78, 5) is 11.7. The van der Waals surface area contributed by atoms with Crippen molar-refractivity contribution in [2.24, 2.45) is 0 Å². The molecule has 2 rings (SSSR count). The van der Waals surface area contributed by atoms with Gasteiger partial charge in [-0.25, -0.2) is 13.9 Å². The second kappa shape index (κ2) is 5.88. The van der Waals surface area contributed by atoms with E-state index in [-0.39, 0.29) is 24.3 Å². The van der Waals surface area contributed by atoms with E-state index in [9.17, 15) is 18.3 Å². The van der Waals surface area contributed by atoms with Crippen LogP contribution in [0.3, 0.4) is 0 Å². The van der Waals surface area contributed by atoms with Crippen LogP contribution in [0.2, 0.25) is 0 Å². The molecule has 0 saturated carbocycles. The first-order valence-electron chi connectivity index (χ1n) is 6.15. The van der Waals surface area contributed by atoms with Gasteiger partial charge in [-0.05, 0) is 25.0 Å². The third-order valence-electron chi connectivity index (χ3n) is 3.29. The summed E-state index contributed by atoms with van der Waals surface area (Å²) >= 11 is 0. The topological polar surface area (TPSA) is 107 Å². The highest BCUT2D eigenvalue weighted by Crippen LogP contribution is 2.25. The fourth-order valence-corrected chi connectivity index (χ4v) is 3.89. The molecule has 0 radical (unpaired) electrons. The van der Waals surface area contributed by atoms with E-state index in [1.165, 1.54) is 17.6 Å². The smallest absolute Gasteiger partial charge is 0.261 e. The lowest BCUT2D eigenvalue weighted by Crippen LogP contribution is -2.54. The molecule has 1 fully saturated rings. The number of hydroxylamine groups is 1. The third kappa shape index (κ3) is 2.83. The minimum absolute atomic E-state index is 0.0243. The van der Waals surface area contributed by atoms with Crippen molar-refractivity contribution in [2.75, 3.05) is 6.54 Å². The summed E-state index contributed by atoms with van der Waals surface area (Å²) in [6.45, 7) is 0.0243. The highest BCUT2D eigenvalue weighted by atomic mass is 32.2. The third-order valence-corrected chi connectivity index (χ3v) is 5.21. The number of rotatable bonds is 3. The van der Waals surface area contributed by atoms with Gasteiger partial charge in [-0.1, -0.05) is 18.2 Å². The molecule has 2 unspecified atom stereocenters. The van der Waals surface area contributed by atoms with E-state index < -0.39 is 28.1 Å². The van der Waals surface area contributed by atoms with Crippen molar-refractivity contribution in [1.82, 2.24) is 9.79 Å². The Hall–Kier alpha value is -1.48. The molecule has 110 valence electrons. The molecule has 0 aliphatic carbocycles.